The van der Waals surface area contributed by atoms with E-state index in [0.29, 0.717) is 0 Å². The summed E-state index contributed by atoms with van der Waals surface area (Å²) in [7, 11) is 0. The Morgan fingerprint density at radius 2 is 1.29 bits per heavy atom. The molecule has 0 bridgehead atoms. The van der Waals surface area contributed by atoms with Gasteiger partial charge in [-0.05, 0) is 6.92 Å². The van der Waals surface area contributed by atoms with Crippen LogP contribution in [0.25, 0.3) is 0 Å². The molecule has 1 unspecified atom stereocenters. The van der Waals surface area contributed by atoms with E-state index in [9.17, 15) is 44.7 Å². The fraction of sp³-hybridized carbons (Fsp3) is 0.500. The van der Waals surface area contributed by atoms with E-state index < -0.39 is 41.9 Å². The highest BCUT2D eigenvalue weighted by atomic mass is 19.4. The van der Waals surface area contributed by atoms with E-state index >= 15 is 0 Å². The largest absolute Gasteiger partial charge is 0.473 e. The van der Waals surface area contributed by atoms with Crippen molar-refractivity contribution in [3.05, 3.63) is 25.3 Å². The maximum atomic E-state index is 13.5. The highest BCUT2D eigenvalue weighted by Crippen LogP contribution is 2.54. The monoisotopic (exact) mass is 370 g/mol. The average Bonchev–Trinajstić information content (AvgIpc) is 2.45. The standard InChI is InChI=1S/C12H10F8O4/c1-4-7(21)23-6(3)9(13,14)10(15,16)11(17,18)12(19,20)24-8(22)5-2/h4-6H,1-2H2,3H3. The van der Waals surface area contributed by atoms with E-state index in [-0.39, 0.29) is 19.1 Å². The lowest BCUT2D eigenvalue weighted by Gasteiger charge is -2.37. The number of ether oxygens (including phenoxy) is 2. The summed E-state index contributed by atoms with van der Waals surface area (Å²) in [5.74, 6) is -23.5. The van der Waals surface area contributed by atoms with Crippen LogP contribution in [-0.4, -0.2) is 41.9 Å². The molecule has 0 aromatic heterocycles. The molecule has 12 heteroatoms. The van der Waals surface area contributed by atoms with Crippen LogP contribution in [0.3, 0.4) is 0 Å². The van der Waals surface area contributed by atoms with Crippen molar-refractivity contribution in [2.24, 2.45) is 0 Å². The second-order valence-electron chi connectivity index (χ2n) is 4.20. The Morgan fingerprint density at radius 1 is 0.875 bits per heavy atom. The third-order valence-electron chi connectivity index (χ3n) is 2.54. The van der Waals surface area contributed by atoms with Gasteiger partial charge < -0.3 is 9.47 Å². The first-order valence-electron chi connectivity index (χ1n) is 5.78. The topological polar surface area (TPSA) is 52.6 Å². The number of carbonyl (C=O) groups excluding carboxylic acids is 2. The molecule has 0 saturated carbocycles. The summed E-state index contributed by atoms with van der Waals surface area (Å²) >= 11 is 0. The minimum absolute atomic E-state index is 0.0687. The molecule has 0 rings (SSSR count). The first kappa shape index (κ1) is 21.9. The van der Waals surface area contributed by atoms with Gasteiger partial charge in [-0.2, -0.15) is 35.1 Å². The Morgan fingerprint density at radius 3 is 1.67 bits per heavy atom. The van der Waals surface area contributed by atoms with Crippen LogP contribution in [0.15, 0.2) is 25.3 Å². The van der Waals surface area contributed by atoms with Gasteiger partial charge in [-0.3, -0.25) is 0 Å². The maximum absolute atomic E-state index is 13.5. The average molecular weight is 370 g/mol. The number of hydrogen-bond acceptors (Lipinski definition) is 4. The van der Waals surface area contributed by atoms with Gasteiger partial charge in [-0.25, -0.2) is 9.59 Å². The summed E-state index contributed by atoms with van der Waals surface area (Å²) in [5, 5.41) is 0. The summed E-state index contributed by atoms with van der Waals surface area (Å²) in [4.78, 5) is 21.2. The fourth-order valence-electron chi connectivity index (χ4n) is 1.18. The molecule has 0 aromatic rings. The van der Waals surface area contributed by atoms with Crippen LogP contribution in [0.5, 0.6) is 0 Å². The minimum atomic E-state index is -6.85. The molecule has 24 heavy (non-hydrogen) atoms. The van der Waals surface area contributed by atoms with Gasteiger partial charge in [-0.1, -0.05) is 13.2 Å². The molecule has 1 atom stereocenters. The van der Waals surface area contributed by atoms with Gasteiger partial charge in [0.15, 0.2) is 6.10 Å². The lowest BCUT2D eigenvalue weighted by atomic mass is 9.99. The van der Waals surface area contributed by atoms with Gasteiger partial charge in [0.05, 0.1) is 0 Å². The van der Waals surface area contributed by atoms with Crippen molar-refractivity contribution >= 4 is 11.9 Å². The maximum Gasteiger partial charge on any atom is 0.473 e. The van der Waals surface area contributed by atoms with E-state index in [2.05, 4.69) is 22.6 Å². The Balaban J connectivity index is 5.80. The van der Waals surface area contributed by atoms with E-state index in [1.807, 2.05) is 0 Å². The number of carbonyl (C=O) groups is 2. The Hall–Kier alpha value is -2.14. The molecule has 4 nitrogen and oxygen atoms in total. The van der Waals surface area contributed by atoms with E-state index in [4.69, 9.17) is 0 Å². The molecule has 0 aliphatic heterocycles. The first-order valence-corrected chi connectivity index (χ1v) is 5.78. The number of hydrogen-bond donors (Lipinski definition) is 0. The van der Waals surface area contributed by atoms with Crippen molar-refractivity contribution < 1.29 is 54.2 Å². The van der Waals surface area contributed by atoms with Crippen LogP contribution in [0.2, 0.25) is 0 Å². The Labute approximate surface area is 129 Å². The second-order valence-corrected chi connectivity index (χ2v) is 4.20. The van der Waals surface area contributed by atoms with Crippen LogP contribution in [-0.2, 0) is 19.1 Å². The predicted octanol–water partition coefficient (Wildman–Crippen LogP) is 3.33. The molecule has 0 amide bonds. The molecule has 0 fully saturated rings. The summed E-state index contributed by atoms with van der Waals surface area (Å²) < 4.78 is 113. The summed E-state index contributed by atoms with van der Waals surface area (Å²) in [5.41, 5.74) is 0. The molecule has 0 aliphatic rings. The highest BCUT2D eigenvalue weighted by molar-refractivity contribution is 5.81. The number of esters is 2. The van der Waals surface area contributed by atoms with E-state index in [1.54, 1.807) is 0 Å². The van der Waals surface area contributed by atoms with Crippen LogP contribution in [0, 0.1) is 0 Å². The van der Waals surface area contributed by atoms with Gasteiger partial charge in [-0.15, -0.1) is 0 Å². The van der Waals surface area contributed by atoms with Crippen molar-refractivity contribution in [1.29, 1.82) is 0 Å². The summed E-state index contributed by atoms with van der Waals surface area (Å²) in [6, 6.07) is 0. The van der Waals surface area contributed by atoms with Gasteiger partial charge in [0.25, 0.3) is 0 Å². The zero-order valence-corrected chi connectivity index (χ0v) is 11.8. The molecule has 0 saturated heterocycles. The van der Waals surface area contributed by atoms with Gasteiger partial charge >= 0.3 is 35.8 Å². The number of rotatable bonds is 8. The molecule has 0 heterocycles. The van der Waals surface area contributed by atoms with Gasteiger partial charge in [0.1, 0.15) is 0 Å². The van der Waals surface area contributed by atoms with Crippen LogP contribution in [0.1, 0.15) is 6.92 Å². The third kappa shape index (κ3) is 3.67. The normalized spacial score (nSPS) is 14.5. The Bertz CT molecular complexity index is 529. The molecule has 0 radical (unpaired) electrons. The zero-order chi connectivity index (χ0) is 19.6. The van der Waals surface area contributed by atoms with Crippen molar-refractivity contribution in [3.63, 3.8) is 0 Å². The van der Waals surface area contributed by atoms with Crippen molar-refractivity contribution in [1.82, 2.24) is 0 Å². The first-order chi connectivity index (χ1) is 10.6. The predicted molar refractivity (Wildman–Crippen MR) is 61.8 cm³/mol. The van der Waals surface area contributed by atoms with Crippen molar-refractivity contribution in [2.45, 2.75) is 36.9 Å². The lowest BCUT2D eigenvalue weighted by Crippen LogP contribution is -2.66. The smallest absolute Gasteiger partial charge is 0.453 e. The fourth-order valence-corrected chi connectivity index (χ4v) is 1.18. The van der Waals surface area contributed by atoms with Gasteiger partial charge in [0.2, 0.25) is 0 Å². The number of alkyl halides is 8. The van der Waals surface area contributed by atoms with Gasteiger partial charge in [0, 0.05) is 12.2 Å². The molecular formula is C12H10F8O4. The molecule has 0 aromatic carbocycles. The minimum Gasteiger partial charge on any atom is -0.453 e. The zero-order valence-electron chi connectivity index (χ0n) is 11.8. The third-order valence-corrected chi connectivity index (χ3v) is 2.54. The molecule has 138 valence electrons. The molecular weight excluding hydrogens is 360 g/mol. The molecule has 0 aliphatic carbocycles. The summed E-state index contributed by atoms with van der Waals surface area (Å²) in [6.45, 7) is 5.37. The number of halogens is 8. The van der Waals surface area contributed by atoms with Crippen LogP contribution in [0.4, 0.5) is 35.1 Å². The van der Waals surface area contributed by atoms with E-state index in [1.165, 1.54) is 0 Å². The van der Waals surface area contributed by atoms with Crippen molar-refractivity contribution in [2.75, 3.05) is 0 Å². The van der Waals surface area contributed by atoms with Crippen molar-refractivity contribution in [3.8, 4) is 0 Å². The quantitative estimate of drug-likeness (QED) is 0.374. The lowest BCUT2D eigenvalue weighted by molar-refractivity contribution is -0.422. The van der Waals surface area contributed by atoms with Crippen LogP contribution >= 0.6 is 0 Å². The van der Waals surface area contributed by atoms with Crippen LogP contribution < -0.4 is 0 Å². The molecule has 0 N–H and O–H groups in total. The molecule has 0 spiro atoms. The second kappa shape index (κ2) is 6.77. The summed E-state index contributed by atoms with van der Waals surface area (Å²) in [6.07, 6.45) is -9.37. The van der Waals surface area contributed by atoms with E-state index in [0.717, 1.165) is 0 Å². The Kier molecular flexibility index (Phi) is 6.17. The SMILES string of the molecule is C=CC(=O)OC(C)C(F)(F)C(F)(F)C(F)(F)C(F)(F)OC(=O)C=C. The highest BCUT2D eigenvalue weighted by Gasteiger charge is 2.84.